The molecular formula is C35H50O8. The summed E-state index contributed by atoms with van der Waals surface area (Å²) in [5, 5.41) is 23.8. The van der Waals surface area contributed by atoms with Crippen molar-refractivity contribution >= 4 is 5.97 Å². The minimum atomic E-state index is -1.62. The number of esters is 1. The largest absolute Gasteiger partial charge is 0.462 e. The van der Waals surface area contributed by atoms with Crippen LogP contribution in [-0.2, 0) is 28.5 Å². The highest BCUT2D eigenvalue weighted by Gasteiger charge is 2.61. The van der Waals surface area contributed by atoms with Gasteiger partial charge in [0.1, 0.15) is 35.9 Å². The molecule has 43 heavy (non-hydrogen) atoms. The van der Waals surface area contributed by atoms with Crippen molar-refractivity contribution in [3.63, 3.8) is 0 Å². The van der Waals surface area contributed by atoms with Gasteiger partial charge in [0.15, 0.2) is 5.79 Å². The first-order chi connectivity index (χ1) is 20.4. The second-order valence-corrected chi connectivity index (χ2v) is 13.5. The van der Waals surface area contributed by atoms with Gasteiger partial charge in [-0.15, -0.1) is 0 Å². The molecule has 1 spiro atoms. The molecule has 4 aliphatic heterocycles. The fraction of sp³-hybridized carbons (Fsp3) is 0.686. The number of aliphatic hydroxyl groups excluding tert-OH is 1. The van der Waals surface area contributed by atoms with E-state index in [-0.39, 0.29) is 37.1 Å². The van der Waals surface area contributed by atoms with Crippen molar-refractivity contribution in [1.29, 1.82) is 0 Å². The maximum absolute atomic E-state index is 14.1. The summed E-state index contributed by atoms with van der Waals surface area (Å²) in [4.78, 5) is 14.1. The van der Waals surface area contributed by atoms with Crippen molar-refractivity contribution in [2.45, 2.75) is 122 Å². The van der Waals surface area contributed by atoms with E-state index in [1.54, 1.807) is 13.2 Å². The first kappa shape index (κ1) is 32.3. The zero-order chi connectivity index (χ0) is 31.1. The van der Waals surface area contributed by atoms with Crippen LogP contribution in [0, 0.1) is 17.8 Å². The lowest BCUT2D eigenvalue weighted by Gasteiger charge is -2.52. The molecule has 238 valence electrons. The Balaban J connectivity index is 1.54. The summed E-state index contributed by atoms with van der Waals surface area (Å²) in [5.74, 6) is -2.46. The quantitative estimate of drug-likeness (QED) is 0.334. The zero-order valence-corrected chi connectivity index (χ0v) is 26.7. The molecule has 8 nitrogen and oxygen atoms in total. The van der Waals surface area contributed by atoms with Crippen LogP contribution in [0.25, 0.3) is 0 Å². The highest BCUT2D eigenvalue weighted by Crippen LogP contribution is 2.48. The number of carbonyl (C=O) groups excluding carboxylic acids is 1. The number of hydrogen-bond acceptors (Lipinski definition) is 8. The fourth-order valence-electron chi connectivity index (χ4n) is 7.72. The van der Waals surface area contributed by atoms with Crippen molar-refractivity contribution in [2.75, 3.05) is 13.7 Å². The van der Waals surface area contributed by atoms with E-state index < -0.39 is 47.7 Å². The number of hydrogen-bond donors (Lipinski definition) is 2. The first-order valence-corrected chi connectivity index (χ1v) is 15.9. The summed E-state index contributed by atoms with van der Waals surface area (Å²) in [5.41, 5.74) is 2.12. The SMILES string of the molecule is C/C=C(\C)[C@H]1O[C@@]2(C[C@@H]3C[C@@H](CC=C(C)C[C@@H](C)C=CC=C4CO[C@@H]5[C@H](OC)C(C)=C[C@@H](C(=O)O3)[C@]45O)O2)[C@H](O)C[C@@H]1C. The first-order valence-electron chi connectivity index (χ1n) is 15.9. The maximum Gasteiger partial charge on any atom is 0.316 e. The molecule has 11 atom stereocenters. The van der Waals surface area contributed by atoms with E-state index in [1.807, 2.05) is 39.0 Å². The van der Waals surface area contributed by atoms with Crippen LogP contribution < -0.4 is 0 Å². The molecule has 1 aliphatic carbocycles. The highest BCUT2D eigenvalue weighted by molar-refractivity contribution is 5.78. The van der Waals surface area contributed by atoms with Crippen LogP contribution in [0.4, 0.5) is 0 Å². The van der Waals surface area contributed by atoms with Gasteiger partial charge in [-0.3, -0.25) is 4.79 Å². The molecule has 0 radical (unpaired) electrons. The van der Waals surface area contributed by atoms with E-state index in [4.69, 9.17) is 23.7 Å². The molecule has 2 bridgehead atoms. The van der Waals surface area contributed by atoms with Gasteiger partial charge in [-0.25, -0.2) is 0 Å². The predicted octanol–water partition coefficient (Wildman–Crippen LogP) is 5.11. The maximum atomic E-state index is 14.1. The van der Waals surface area contributed by atoms with Gasteiger partial charge in [0, 0.05) is 20.0 Å². The number of carbonyl (C=O) groups is 1. The van der Waals surface area contributed by atoms with Crippen LogP contribution in [0.2, 0.25) is 0 Å². The summed E-state index contributed by atoms with van der Waals surface area (Å²) < 4.78 is 31.4. The average molecular weight is 599 g/mol. The third-order valence-electron chi connectivity index (χ3n) is 10.1. The minimum Gasteiger partial charge on any atom is -0.462 e. The second kappa shape index (κ2) is 12.7. The Kier molecular flexibility index (Phi) is 9.58. The molecule has 2 N–H and O–H groups in total. The van der Waals surface area contributed by atoms with Gasteiger partial charge in [0.25, 0.3) is 0 Å². The number of ether oxygens (including phenoxy) is 5. The number of allylic oxidation sites excluding steroid dienone is 5. The van der Waals surface area contributed by atoms with Crippen LogP contribution in [0.15, 0.2) is 58.7 Å². The standard InChI is InChI=1S/C35H50O8/c1-8-22(4)30-24(6)16-29(36)34(43-30)18-27-17-26(42-34)13-12-21(3)14-20(2)10-9-11-25-19-40-32-31(39-7)23(5)15-28(33(37)41-27)35(25,32)38/h8-12,15,20,24,26-32,36,38H,13-14,16-19H2,1-7H3/b10-9?,21-12?,22-8+,25-11?/t20-,24-,26+,27-,28-,29+,30+,31+,32+,34-,35+/m0/s1. The van der Waals surface area contributed by atoms with E-state index in [9.17, 15) is 15.0 Å². The minimum absolute atomic E-state index is 0.104. The summed E-state index contributed by atoms with van der Waals surface area (Å²) in [6.07, 6.45) is 11.4. The van der Waals surface area contributed by atoms with E-state index in [2.05, 4.69) is 32.9 Å². The van der Waals surface area contributed by atoms with Crippen LogP contribution in [0.3, 0.4) is 0 Å². The summed E-state index contributed by atoms with van der Waals surface area (Å²) >= 11 is 0. The summed E-state index contributed by atoms with van der Waals surface area (Å²) in [6.45, 7) is 12.4. The molecule has 5 rings (SSSR count). The average Bonchev–Trinajstić information content (AvgIpc) is 3.29. The van der Waals surface area contributed by atoms with Crippen LogP contribution >= 0.6 is 0 Å². The highest BCUT2D eigenvalue weighted by atomic mass is 16.7. The molecule has 5 aliphatic rings. The Hall–Kier alpha value is -2.07. The van der Waals surface area contributed by atoms with Crippen molar-refractivity contribution in [3.05, 3.63) is 58.7 Å². The molecule has 0 aromatic heterocycles. The fourth-order valence-corrected chi connectivity index (χ4v) is 7.72. The van der Waals surface area contributed by atoms with E-state index in [0.717, 1.165) is 17.6 Å². The molecule has 4 heterocycles. The number of methoxy groups -OCH3 is 1. The Bertz CT molecular complexity index is 1210. The monoisotopic (exact) mass is 598 g/mol. The molecule has 0 amide bonds. The second-order valence-electron chi connectivity index (χ2n) is 13.5. The number of fused-ring (bicyclic) bond motifs is 2. The molecule has 0 saturated carbocycles. The van der Waals surface area contributed by atoms with Crippen molar-refractivity contribution in [3.8, 4) is 0 Å². The van der Waals surface area contributed by atoms with E-state index in [0.29, 0.717) is 24.8 Å². The molecule has 3 saturated heterocycles. The smallest absolute Gasteiger partial charge is 0.316 e. The van der Waals surface area contributed by atoms with Crippen molar-refractivity contribution in [2.24, 2.45) is 17.8 Å². The molecular weight excluding hydrogens is 548 g/mol. The normalized spacial score (nSPS) is 44.3. The Labute approximate surface area is 256 Å². The lowest BCUT2D eigenvalue weighted by atomic mass is 9.70. The lowest BCUT2D eigenvalue weighted by Crippen LogP contribution is -2.62. The van der Waals surface area contributed by atoms with Gasteiger partial charge in [-0.05, 0) is 75.5 Å². The van der Waals surface area contributed by atoms with Gasteiger partial charge < -0.3 is 33.9 Å². The molecule has 3 fully saturated rings. The van der Waals surface area contributed by atoms with Gasteiger partial charge in [-0.2, -0.15) is 0 Å². The molecule has 0 aromatic carbocycles. The van der Waals surface area contributed by atoms with E-state index in [1.165, 1.54) is 5.57 Å². The molecule has 0 unspecified atom stereocenters. The number of aliphatic hydroxyl groups is 2. The third-order valence-corrected chi connectivity index (χ3v) is 10.1. The summed E-state index contributed by atoms with van der Waals surface area (Å²) in [6, 6.07) is 0. The summed E-state index contributed by atoms with van der Waals surface area (Å²) in [7, 11) is 1.59. The Morgan fingerprint density at radius 1 is 1.16 bits per heavy atom. The third kappa shape index (κ3) is 6.11. The van der Waals surface area contributed by atoms with Gasteiger partial charge in [0.05, 0.1) is 18.8 Å². The van der Waals surface area contributed by atoms with Crippen molar-refractivity contribution < 1.29 is 38.7 Å². The van der Waals surface area contributed by atoms with Gasteiger partial charge in [-0.1, -0.05) is 55.9 Å². The van der Waals surface area contributed by atoms with Gasteiger partial charge >= 0.3 is 5.97 Å². The predicted molar refractivity (Wildman–Crippen MR) is 163 cm³/mol. The molecule has 8 heteroatoms. The van der Waals surface area contributed by atoms with Crippen LogP contribution in [0.1, 0.15) is 73.6 Å². The lowest BCUT2D eigenvalue weighted by molar-refractivity contribution is -0.363. The van der Waals surface area contributed by atoms with Crippen molar-refractivity contribution in [1.82, 2.24) is 0 Å². The molecule has 0 aromatic rings. The van der Waals surface area contributed by atoms with Crippen LogP contribution in [0.5, 0.6) is 0 Å². The Morgan fingerprint density at radius 2 is 1.93 bits per heavy atom. The zero-order valence-electron chi connectivity index (χ0n) is 26.7. The number of rotatable bonds is 2. The van der Waals surface area contributed by atoms with Crippen LogP contribution in [-0.4, -0.2) is 77.9 Å². The van der Waals surface area contributed by atoms with Gasteiger partial charge in [0.2, 0.25) is 0 Å². The van der Waals surface area contributed by atoms with E-state index >= 15 is 0 Å². The topological polar surface area (TPSA) is 104 Å². The Morgan fingerprint density at radius 3 is 2.65 bits per heavy atom.